The number of rotatable bonds is 6. The normalized spacial score (nSPS) is 15.7. The van der Waals surface area contributed by atoms with Gasteiger partial charge in [0.2, 0.25) is 5.56 Å². The molecule has 5 heteroatoms. The van der Waals surface area contributed by atoms with Gasteiger partial charge in [-0.25, -0.2) is 0 Å². The molecule has 3 rings (SSSR count). The van der Waals surface area contributed by atoms with Gasteiger partial charge in [0.15, 0.2) is 0 Å². The van der Waals surface area contributed by atoms with E-state index in [1.807, 2.05) is 26.0 Å². The Morgan fingerprint density at radius 3 is 2.41 bits per heavy atom. The molecule has 1 aliphatic rings. The van der Waals surface area contributed by atoms with E-state index in [1.165, 1.54) is 11.6 Å². The second-order valence-electron chi connectivity index (χ2n) is 7.70. The maximum absolute atomic E-state index is 12.9. The van der Waals surface area contributed by atoms with Gasteiger partial charge in [-0.2, -0.15) is 0 Å². The standard InChI is InChI=1S/C22H28N2O3/c1-15(2)20-18(10-11-19(25)24-20)21(26)23-14-22(12-4-5-13-22)16-6-8-17(27-3)9-7-16/h6-11,15H,4-5,12-14H2,1-3H3,(H,23,26)(H,24,25). The minimum atomic E-state index is -0.180. The molecule has 144 valence electrons. The Kier molecular flexibility index (Phi) is 5.68. The van der Waals surface area contributed by atoms with Crippen molar-refractivity contribution >= 4 is 5.91 Å². The summed E-state index contributed by atoms with van der Waals surface area (Å²) in [5, 5.41) is 3.13. The Bertz CT molecular complexity index is 847. The summed E-state index contributed by atoms with van der Waals surface area (Å²) in [6, 6.07) is 11.2. The molecular formula is C22H28N2O3. The summed E-state index contributed by atoms with van der Waals surface area (Å²) in [4.78, 5) is 27.3. The van der Waals surface area contributed by atoms with E-state index < -0.39 is 0 Å². The molecule has 0 aliphatic heterocycles. The highest BCUT2D eigenvalue weighted by atomic mass is 16.5. The van der Waals surface area contributed by atoms with Crippen molar-refractivity contribution in [3.8, 4) is 5.75 Å². The number of ether oxygens (including phenoxy) is 1. The number of aromatic nitrogens is 1. The largest absolute Gasteiger partial charge is 0.497 e. The highest BCUT2D eigenvalue weighted by molar-refractivity contribution is 5.95. The summed E-state index contributed by atoms with van der Waals surface area (Å²) in [7, 11) is 1.66. The van der Waals surface area contributed by atoms with Crippen molar-refractivity contribution in [1.82, 2.24) is 10.3 Å². The lowest BCUT2D eigenvalue weighted by atomic mass is 9.78. The number of benzene rings is 1. The average Bonchev–Trinajstić information content (AvgIpc) is 3.16. The number of methoxy groups -OCH3 is 1. The zero-order valence-electron chi connectivity index (χ0n) is 16.3. The first-order valence-electron chi connectivity index (χ1n) is 9.61. The van der Waals surface area contributed by atoms with Crippen LogP contribution in [0, 0.1) is 0 Å². The van der Waals surface area contributed by atoms with Crippen molar-refractivity contribution in [2.75, 3.05) is 13.7 Å². The number of hydrogen-bond acceptors (Lipinski definition) is 3. The van der Waals surface area contributed by atoms with Crippen LogP contribution in [0.25, 0.3) is 0 Å². The van der Waals surface area contributed by atoms with Crippen molar-refractivity contribution in [2.45, 2.75) is 50.9 Å². The summed E-state index contributed by atoms with van der Waals surface area (Å²) < 4.78 is 5.27. The Labute approximate surface area is 160 Å². The van der Waals surface area contributed by atoms with Crippen LogP contribution < -0.4 is 15.6 Å². The fourth-order valence-electron chi connectivity index (χ4n) is 4.05. The van der Waals surface area contributed by atoms with Crippen LogP contribution >= 0.6 is 0 Å². The van der Waals surface area contributed by atoms with Crippen LogP contribution in [-0.4, -0.2) is 24.5 Å². The average molecular weight is 368 g/mol. The van der Waals surface area contributed by atoms with Crippen molar-refractivity contribution in [1.29, 1.82) is 0 Å². The van der Waals surface area contributed by atoms with E-state index in [0.717, 1.165) is 31.4 Å². The molecule has 0 spiro atoms. The van der Waals surface area contributed by atoms with Gasteiger partial charge in [0, 0.05) is 23.7 Å². The predicted octanol–water partition coefficient (Wildman–Crippen LogP) is 3.75. The van der Waals surface area contributed by atoms with Gasteiger partial charge in [-0.15, -0.1) is 0 Å². The van der Waals surface area contributed by atoms with E-state index in [0.29, 0.717) is 17.8 Å². The van der Waals surface area contributed by atoms with Gasteiger partial charge in [0.1, 0.15) is 5.75 Å². The number of H-pyrrole nitrogens is 1. The van der Waals surface area contributed by atoms with Crippen LogP contribution in [0.4, 0.5) is 0 Å². The van der Waals surface area contributed by atoms with E-state index in [9.17, 15) is 9.59 Å². The minimum absolute atomic E-state index is 0.0396. The lowest BCUT2D eigenvalue weighted by molar-refractivity contribution is 0.0941. The zero-order valence-corrected chi connectivity index (χ0v) is 16.3. The van der Waals surface area contributed by atoms with E-state index in [4.69, 9.17) is 4.74 Å². The number of amides is 1. The molecular weight excluding hydrogens is 340 g/mol. The molecule has 1 aromatic carbocycles. The lowest BCUT2D eigenvalue weighted by Gasteiger charge is -2.30. The number of nitrogens with one attached hydrogen (secondary N) is 2. The molecule has 1 saturated carbocycles. The topological polar surface area (TPSA) is 71.2 Å². The number of aromatic amines is 1. The third-order valence-corrected chi connectivity index (χ3v) is 5.62. The number of hydrogen-bond donors (Lipinski definition) is 2. The monoisotopic (exact) mass is 368 g/mol. The highest BCUT2D eigenvalue weighted by Crippen LogP contribution is 2.41. The molecule has 0 unspecified atom stereocenters. The van der Waals surface area contributed by atoms with E-state index in [-0.39, 0.29) is 22.8 Å². The quantitative estimate of drug-likeness (QED) is 0.816. The summed E-state index contributed by atoms with van der Waals surface area (Å²) in [6.45, 7) is 4.53. The van der Waals surface area contributed by atoms with E-state index in [2.05, 4.69) is 22.4 Å². The molecule has 0 saturated heterocycles. The molecule has 1 aliphatic carbocycles. The van der Waals surface area contributed by atoms with Crippen molar-refractivity contribution in [3.05, 3.63) is 63.6 Å². The second kappa shape index (κ2) is 7.99. The second-order valence-corrected chi connectivity index (χ2v) is 7.70. The molecule has 0 atom stereocenters. The summed E-state index contributed by atoms with van der Waals surface area (Å²) in [6.07, 6.45) is 4.44. The number of carbonyl (C=O) groups excluding carboxylic acids is 1. The lowest BCUT2D eigenvalue weighted by Crippen LogP contribution is -2.39. The van der Waals surface area contributed by atoms with Crippen LogP contribution in [0.1, 0.15) is 67.1 Å². The molecule has 27 heavy (non-hydrogen) atoms. The zero-order chi connectivity index (χ0) is 19.4. The maximum Gasteiger partial charge on any atom is 0.253 e. The van der Waals surface area contributed by atoms with Crippen LogP contribution in [0.5, 0.6) is 5.75 Å². The first kappa shape index (κ1) is 19.2. The summed E-state index contributed by atoms with van der Waals surface area (Å²) in [5.41, 5.74) is 2.26. The Balaban J connectivity index is 1.80. The molecule has 0 bridgehead atoms. The number of pyridine rings is 1. The van der Waals surface area contributed by atoms with E-state index in [1.54, 1.807) is 13.2 Å². The minimum Gasteiger partial charge on any atom is -0.497 e. The fraction of sp³-hybridized carbons (Fsp3) is 0.455. The Morgan fingerprint density at radius 1 is 1.15 bits per heavy atom. The Hall–Kier alpha value is -2.56. The van der Waals surface area contributed by atoms with Gasteiger partial charge in [0.05, 0.1) is 12.7 Å². The molecule has 1 fully saturated rings. The smallest absolute Gasteiger partial charge is 0.253 e. The summed E-state index contributed by atoms with van der Waals surface area (Å²) >= 11 is 0. The van der Waals surface area contributed by atoms with Gasteiger partial charge in [-0.3, -0.25) is 9.59 Å². The molecule has 1 amide bonds. The van der Waals surface area contributed by atoms with Gasteiger partial charge in [-0.05, 0) is 42.5 Å². The fourth-order valence-corrected chi connectivity index (χ4v) is 4.05. The molecule has 2 aromatic rings. The first-order chi connectivity index (χ1) is 12.9. The van der Waals surface area contributed by atoms with Gasteiger partial charge >= 0.3 is 0 Å². The molecule has 2 N–H and O–H groups in total. The van der Waals surface area contributed by atoms with Crippen molar-refractivity contribution in [2.24, 2.45) is 0 Å². The number of carbonyl (C=O) groups is 1. The molecule has 1 aromatic heterocycles. The van der Waals surface area contributed by atoms with Crippen LogP contribution in [-0.2, 0) is 5.41 Å². The molecule has 1 heterocycles. The van der Waals surface area contributed by atoms with Crippen LogP contribution in [0.15, 0.2) is 41.2 Å². The maximum atomic E-state index is 12.9. The van der Waals surface area contributed by atoms with Crippen LogP contribution in [0.3, 0.4) is 0 Å². The van der Waals surface area contributed by atoms with Crippen molar-refractivity contribution < 1.29 is 9.53 Å². The molecule has 0 radical (unpaired) electrons. The van der Waals surface area contributed by atoms with Crippen molar-refractivity contribution in [3.63, 3.8) is 0 Å². The SMILES string of the molecule is COc1ccc(C2(CNC(=O)c3ccc(=O)[nH]c3C(C)C)CCCC2)cc1. The first-order valence-corrected chi connectivity index (χ1v) is 9.61. The Morgan fingerprint density at radius 2 is 1.81 bits per heavy atom. The van der Waals surface area contributed by atoms with Gasteiger partial charge < -0.3 is 15.0 Å². The summed E-state index contributed by atoms with van der Waals surface area (Å²) in [5.74, 6) is 0.780. The molecule has 5 nitrogen and oxygen atoms in total. The third-order valence-electron chi connectivity index (χ3n) is 5.62. The van der Waals surface area contributed by atoms with Crippen LogP contribution in [0.2, 0.25) is 0 Å². The van der Waals surface area contributed by atoms with Gasteiger partial charge in [0.25, 0.3) is 5.91 Å². The van der Waals surface area contributed by atoms with Gasteiger partial charge in [-0.1, -0.05) is 38.8 Å². The highest BCUT2D eigenvalue weighted by Gasteiger charge is 2.36. The van der Waals surface area contributed by atoms with E-state index >= 15 is 0 Å². The predicted molar refractivity (Wildman–Crippen MR) is 107 cm³/mol. The third kappa shape index (κ3) is 4.07.